The zero-order valence-electron chi connectivity index (χ0n) is 23.0. The number of aromatic nitrogens is 3. The predicted molar refractivity (Wildman–Crippen MR) is 164 cm³/mol. The third kappa shape index (κ3) is 5.37. The van der Waals surface area contributed by atoms with Crippen molar-refractivity contribution in [3.63, 3.8) is 0 Å². The first-order chi connectivity index (χ1) is 20.5. The average molecular weight is 606 g/mol. The lowest BCUT2D eigenvalue weighted by molar-refractivity contribution is -0.137. The summed E-state index contributed by atoms with van der Waals surface area (Å²) < 4.78 is 41.9. The summed E-state index contributed by atoms with van der Waals surface area (Å²) in [5.41, 5.74) is 16.1. The van der Waals surface area contributed by atoms with Gasteiger partial charge in [-0.25, -0.2) is 14.8 Å². The SMILES string of the molecule is Cc1nc(-c2ccc(NC(=O)Nc3ccc(Cl)c(C(F)(F)F)c3)c3ccccc23)c2c(N)ncc(C3=CCC(N)CC3)n12. The van der Waals surface area contributed by atoms with Crippen LogP contribution in [0.4, 0.5) is 35.2 Å². The Labute approximate surface area is 249 Å². The Morgan fingerprint density at radius 2 is 1.86 bits per heavy atom. The lowest BCUT2D eigenvalue weighted by Crippen LogP contribution is -2.21. The molecular weight excluding hydrogens is 579 g/mol. The fourth-order valence-electron chi connectivity index (χ4n) is 5.53. The summed E-state index contributed by atoms with van der Waals surface area (Å²) in [4.78, 5) is 22.3. The molecule has 43 heavy (non-hydrogen) atoms. The molecule has 0 bridgehead atoms. The van der Waals surface area contributed by atoms with E-state index in [1.54, 1.807) is 12.3 Å². The van der Waals surface area contributed by atoms with Gasteiger partial charge in [-0.05, 0) is 61.4 Å². The highest BCUT2D eigenvalue weighted by atomic mass is 35.5. The van der Waals surface area contributed by atoms with Crippen molar-refractivity contribution >= 4 is 56.7 Å². The Morgan fingerprint density at radius 3 is 2.58 bits per heavy atom. The summed E-state index contributed by atoms with van der Waals surface area (Å²) in [5, 5.41) is 6.24. The number of alkyl halides is 3. The van der Waals surface area contributed by atoms with E-state index < -0.39 is 22.8 Å². The predicted octanol–water partition coefficient (Wildman–Crippen LogP) is 7.65. The largest absolute Gasteiger partial charge is 0.417 e. The molecule has 220 valence electrons. The van der Waals surface area contributed by atoms with Crippen LogP contribution in [0, 0.1) is 6.92 Å². The zero-order valence-corrected chi connectivity index (χ0v) is 23.7. The first-order valence-corrected chi connectivity index (χ1v) is 13.9. The number of amides is 2. The number of carbonyl (C=O) groups excluding carboxylic acids is 1. The van der Waals surface area contributed by atoms with Gasteiger partial charge in [-0.3, -0.25) is 4.40 Å². The topological polar surface area (TPSA) is 123 Å². The van der Waals surface area contributed by atoms with E-state index in [1.807, 2.05) is 41.7 Å². The number of imidazole rings is 1. The fourth-order valence-corrected chi connectivity index (χ4v) is 5.76. The van der Waals surface area contributed by atoms with Gasteiger partial charge in [0.15, 0.2) is 0 Å². The number of nitrogens with zero attached hydrogens (tertiary/aromatic N) is 3. The number of fused-ring (bicyclic) bond motifs is 2. The molecule has 0 fully saturated rings. The smallest absolute Gasteiger partial charge is 0.382 e. The quantitative estimate of drug-likeness (QED) is 0.167. The number of carbonyl (C=O) groups is 1. The van der Waals surface area contributed by atoms with Crippen molar-refractivity contribution in [3.8, 4) is 11.3 Å². The summed E-state index contributed by atoms with van der Waals surface area (Å²) in [6, 6.07) is 13.6. The van der Waals surface area contributed by atoms with Crippen molar-refractivity contribution in [3.05, 3.63) is 89.0 Å². The maximum atomic E-state index is 13.3. The molecule has 12 heteroatoms. The first kappa shape index (κ1) is 28.5. The minimum absolute atomic E-state index is 0.0519. The van der Waals surface area contributed by atoms with Crippen LogP contribution in [-0.4, -0.2) is 26.4 Å². The van der Waals surface area contributed by atoms with Crippen molar-refractivity contribution in [2.24, 2.45) is 5.73 Å². The molecule has 2 aromatic heterocycles. The van der Waals surface area contributed by atoms with Crippen molar-refractivity contribution in [2.75, 3.05) is 16.4 Å². The monoisotopic (exact) mass is 605 g/mol. The number of halogens is 4. The van der Waals surface area contributed by atoms with E-state index in [0.29, 0.717) is 28.1 Å². The van der Waals surface area contributed by atoms with E-state index in [2.05, 4.69) is 21.7 Å². The van der Waals surface area contributed by atoms with Crippen LogP contribution in [0.5, 0.6) is 0 Å². The molecule has 0 aliphatic heterocycles. The molecular formula is C31H27ClF3N7O. The molecule has 6 rings (SSSR count). The number of nitrogens with two attached hydrogens (primary N) is 2. The highest BCUT2D eigenvalue weighted by Crippen LogP contribution is 2.39. The third-order valence-electron chi connectivity index (χ3n) is 7.59. The fraction of sp³-hybridized carbons (Fsp3) is 0.194. The van der Waals surface area contributed by atoms with Crippen LogP contribution in [0.25, 0.3) is 33.1 Å². The van der Waals surface area contributed by atoms with Gasteiger partial charge in [-0.2, -0.15) is 13.2 Å². The van der Waals surface area contributed by atoms with Gasteiger partial charge in [0.1, 0.15) is 22.9 Å². The minimum Gasteiger partial charge on any atom is -0.382 e. The second-order valence-electron chi connectivity index (χ2n) is 10.5. The molecule has 8 nitrogen and oxygen atoms in total. The van der Waals surface area contributed by atoms with E-state index in [4.69, 9.17) is 28.1 Å². The van der Waals surface area contributed by atoms with Gasteiger partial charge in [-0.1, -0.05) is 48.0 Å². The van der Waals surface area contributed by atoms with Crippen molar-refractivity contribution < 1.29 is 18.0 Å². The van der Waals surface area contributed by atoms with Crippen LogP contribution >= 0.6 is 11.6 Å². The molecule has 1 aliphatic rings. The maximum absolute atomic E-state index is 13.3. The number of rotatable bonds is 4. The number of urea groups is 1. The van der Waals surface area contributed by atoms with E-state index in [0.717, 1.165) is 59.4 Å². The first-order valence-electron chi connectivity index (χ1n) is 13.6. The molecule has 2 heterocycles. The van der Waals surface area contributed by atoms with E-state index in [1.165, 1.54) is 6.07 Å². The van der Waals surface area contributed by atoms with Gasteiger partial charge in [0.25, 0.3) is 0 Å². The van der Waals surface area contributed by atoms with Gasteiger partial charge in [0, 0.05) is 22.7 Å². The molecule has 6 N–H and O–H groups in total. The number of aryl methyl sites for hydroxylation is 1. The van der Waals surface area contributed by atoms with Crippen molar-refractivity contribution in [2.45, 2.75) is 38.4 Å². The second-order valence-corrected chi connectivity index (χ2v) is 10.9. The van der Waals surface area contributed by atoms with Crippen molar-refractivity contribution in [1.29, 1.82) is 0 Å². The summed E-state index contributed by atoms with van der Waals surface area (Å²) >= 11 is 5.70. The molecule has 0 saturated heterocycles. The Balaban J connectivity index is 1.37. The lowest BCUT2D eigenvalue weighted by Gasteiger charge is -2.20. The molecule has 2 amide bonds. The maximum Gasteiger partial charge on any atom is 0.417 e. The zero-order chi connectivity index (χ0) is 30.5. The Kier molecular flexibility index (Phi) is 7.23. The average Bonchev–Trinajstić information content (AvgIpc) is 3.32. The number of hydrogen-bond acceptors (Lipinski definition) is 5. The number of nitrogens with one attached hydrogen (secondary N) is 2. The molecule has 3 aromatic carbocycles. The highest BCUT2D eigenvalue weighted by molar-refractivity contribution is 6.31. The highest BCUT2D eigenvalue weighted by Gasteiger charge is 2.33. The minimum atomic E-state index is -4.66. The van der Waals surface area contributed by atoms with Crippen LogP contribution < -0.4 is 22.1 Å². The summed E-state index contributed by atoms with van der Waals surface area (Å²) in [5.74, 6) is 1.08. The number of hydrogen-bond donors (Lipinski definition) is 4. The Hall–Kier alpha value is -4.61. The normalized spacial score (nSPS) is 15.5. The molecule has 1 unspecified atom stereocenters. The van der Waals surface area contributed by atoms with Crippen molar-refractivity contribution in [1.82, 2.24) is 14.4 Å². The number of nitrogen functional groups attached to an aromatic ring is 1. The molecule has 1 aliphatic carbocycles. The van der Waals surface area contributed by atoms with E-state index >= 15 is 0 Å². The van der Waals surface area contributed by atoms with Gasteiger partial charge < -0.3 is 22.1 Å². The molecule has 1 atom stereocenters. The molecule has 0 radical (unpaired) electrons. The Bertz CT molecular complexity index is 1930. The standard InChI is InChI=1S/C31H27ClF3N7O/c1-16-39-27(28-29(37)38-15-26(42(16)28)17-6-8-18(36)9-7-17)22-11-13-25(21-5-3-2-4-20(21)22)41-30(43)40-19-10-12-24(32)23(14-19)31(33,34)35/h2-6,10-15,18H,7-9,36H2,1H3,(H2,37,38)(H2,40,41,43). The van der Waals surface area contributed by atoms with Crippen LogP contribution in [0.3, 0.4) is 0 Å². The lowest BCUT2D eigenvalue weighted by atomic mass is 9.94. The van der Waals surface area contributed by atoms with E-state index in [9.17, 15) is 18.0 Å². The van der Waals surface area contributed by atoms with E-state index in [-0.39, 0.29) is 11.7 Å². The van der Waals surface area contributed by atoms with Gasteiger partial charge in [-0.15, -0.1) is 0 Å². The number of anilines is 3. The van der Waals surface area contributed by atoms with Gasteiger partial charge in [0.2, 0.25) is 0 Å². The molecule has 0 spiro atoms. The van der Waals surface area contributed by atoms with Gasteiger partial charge >= 0.3 is 12.2 Å². The third-order valence-corrected chi connectivity index (χ3v) is 7.92. The summed E-state index contributed by atoms with van der Waals surface area (Å²) in [7, 11) is 0. The molecule has 5 aromatic rings. The van der Waals surface area contributed by atoms with Crippen LogP contribution in [0.2, 0.25) is 5.02 Å². The van der Waals surface area contributed by atoms with Crippen LogP contribution in [-0.2, 0) is 6.18 Å². The van der Waals surface area contributed by atoms with Crippen LogP contribution in [0.1, 0.15) is 36.3 Å². The van der Waals surface area contributed by atoms with Crippen LogP contribution in [0.15, 0.2) is 66.9 Å². The van der Waals surface area contributed by atoms with Gasteiger partial charge in [0.05, 0.1) is 28.2 Å². The number of allylic oxidation sites excluding steroid dienone is 1. The summed E-state index contributed by atoms with van der Waals surface area (Å²) in [6.07, 6.45) is 1.75. The molecule has 0 saturated carbocycles. The number of benzene rings is 3. The summed E-state index contributed by atoms with van der Waals surface area (Å²) in [6.45, 7) is 1.91. The second kappa shape index (κ2) is 10.9. The Morgan fingerprint density at radius 1 is 1.09 bits per heavy atom.